The molecular formula is C11H12N2O2S. The Balaban J connectivity index is 2.36. The maximum Gasteiger partial charge on any atom is 0.237 e. The Hall–Kier alpha value is -1.33. The van der Waals surface area contributed by atoms with Crippen LogP contribution in [-0.2, 0) is 9.59 Å². The summed E-state index contributed by atoms with van der Waals surface area (Å²) < 4.78 is 0. The van der Waals surface area contributed by atoms with E-state index in [0.29, 0.717) is 11.8 Å². The largest absolute Gasteiger partial charge is 0.324 e. The predicted octanol–water partition coefficient (Wildman–Crippen LogP) is 1.32. The second kappa shape index (κ2) is 4.27. The first-order valence-electron chi connectivity index (χ1n) is 4.94. The molecule has 0 aromatic heterocycles. The van der Waals surface area contributed by atoms with Crippen LogP contribution < -0.4 is 11.1 Å². The van der Waals surface area contributed by atoms with Crippen LogP contribution >= 0.6 is 11.8 Å². The molecule has 0 radical (unpaired) electrons. The summed E-state index contributed by atoms with van der Waals surface area (Å²) in [7, 11) is 0. The van der Waals surface area contributed by atoms with E-state index in [1.807, 2.05) is 19.1 Å². The quantitative estimate of drug-likeness (QED) is 0.760. The molecule has 5 heteroatoms. The lowest BCUT2D eigenvalue weighted by Gasteiger charge is -2.22. The minimum absolute atomic E-state index is 0.0191. The highest BCUT2D eigenvalue weighted by molar-refractivity contribution is 8.00. The fourth-order valence-electron chi connectivity index (χ4n) is 1.51. The predicted molar refractivity (Wildman–Crippen MR) is 63.4 cm³/mol. The highest BCUT2D eigenvalue weighted by Gasteiger charge is 2.23. The van der Waals surface area contributed by atoms with E-state index in [0.717, 1.165) is 10.6 Å². The summed E-state index contributed by atoms with van der Waals surface area (Å²) in [6.07, 6.45) is 0.683. The van der Waals surface area contributed by atoms with Gasteiger partial charge >= 0.3 is 0 Å². The van der Waals surface area contributed by atoms with E-state index in [1.54, 1.807) is 6.07 Å². The van der Waals surface area contributed by atoms with E-state index >= 15 is 0 Å². The van der Waals surface area contributed by atoms with Gasteiger partial charge in [-0.15, -0.1) is 11.8 Å². The van der Waals surface area contributed by atoms with Crippen molar-refractivity contribution >= 4 is 29.6 Å². The van der Waals surface area contributed by atoms with Crippen molar-refractivity contribution in [3.63, 3.8) is 0 Å². The third kappa shape index (κ3) is 1.96. The first kappa shape index (κ1) is 11.2. The van der Waals surface area contributed by atoms with Gasteiger partial charge in [-0.25, -0.2) is 0 Å². The number of fused-ring (bicyclic) bond motifs is 1. The van der Waals surface area contributed by atoms with Crippen molar-refractivity contribution in [2.75, 3.05) is 5.32 Å². The number of nitrogens with one attached hydrogen (secondary N) is 1. The summed E-state index contributed by atoms with van der Waals surface area (Å²) in [5, 5.41) is 2.71. The molecule has 2 rings (SSSR count). The summed E-state index contributed by atoms with van der Waals surface area (Å²) in [5.41, 5.74) is 7.05. The topological polar surface area (TPSA) is 72.2 Å². The molecule has 2 atom stereocenters. The van der Waals surface area contributed by atoms with Crippen LogP contribution in [0.5, 0.6) is 0 Å². The number of aldehydes is 1. The van der Waals surface area contributed by atoms with Crippen LogP contribution in [0, 0.1) is 0 Å². The summed E-state index contributed by atoms with van der Waals surface area (Å²) in [5.74, 6) is -0.0191. The lowest BCUT2D eigenvalue weighted by atomic mass is 10.1. The number of hydrogen-bond donors (Lipinski definition) is 2. The van der Waals surface area contributed by atoms with Gasteiger partial charge in [-0.1, -0.05) is 6.07 Å². The molecule has 2 unspecified atom stereocenters. The maximum atomic E-state index is 11.5. The molecule has 0 fully saturated rings. The zero-order valence-corrected chi connectivity index (χ0v) is 9.58. The second-order valence-corrected chi connectivity index (χ2v) is 5.05. The SMILES string of the molecule is CC1Sc2ccc(C(N)C=O)cc2NC1=O. The van der Waals surface area contributed by atoms with E-state index in [1.165, 1.54) is 11.8 Å². The number of hydrogen-bond acceptors (Lipinski definition) is 4. The lowest BCUT2D eigenvalue weighted by Crippen LogP contribution is -2.26. The summed E-state index contributed by atoms with van der Waals surface area (Å²) in [4.78, 5) is 23.1. The van der Waals surface area contributed by atoms with Crippen molar-refractivity contribution in [2.24, 2.45) is 5.73 Å². The number of rotatable bonds is 2. The van der Waals surface area contributed by atoms with Crippen molar-refractivity contribution in [1.82, 2.24) is 0 Å². The molecule has 0 aliphatic carbocycles. The van der Waals surface area contributed by atoms with Crippen LogP contribution in [0.3, 0.4) is 0 Å². The van der Waals surface area contributed by atoms with Gasteiger partial charge in [0.2, 0.25) is 5.91 Å². The van der Waals surface area contributed by atoms with E-state index < -0.39 is 6.04 Å². The molecule has 1 aliphatic heterocycles. The summed E-state index contributed by atoms with van der Waals surface area (Å²) in [6.45, 7) is 1.86. The number of amides is 1. The minimum Gasteiger partial charge on any atom is -0.324 e. The van der Waals surface area contributed by atoms with Crippen LogP contribution in [0.15, 0.2) is 23.1 Å². The van der Waals surface area contributed by atoms with Gasteiger partial charge in [0.15, 0.2) is 0 Å². The Kier molecular flexibility index (Phi) is 2.98. The van der Waals surface area contributed by atoms with Gasteiger partial charge in [0.05, 0.1) is 17.0 Å². The number of benzene rings is 1. The molecule has 4 nitrogen and oxygen atoms in total. The lowest BCUT2D eigenvalue weighted by molar-refractivity contribution is -0.115. The third-order valence-corrected chi connectivity index (χ3v) is 3.64. The Labute approximate surface area is 97.6 Å². The number of carbonyl (C=O) groups is 2. The molecule has 1 aliphatic rings. The zero-order chi connectivity index (χ0) is 11.7. The molecule has 0 saturated carbocycles. The van der Waals surface area contributed by atoms with Gasteiger partial charge in [0.25, 0.3) is 0 Å². The minimum atomic E-state index is -0.633. The van der Waals surface area contributed by atoms with E-state index in [2.05, 4.69) is 5.32 Å². The normalized spacial score (nSPS) is 20.9. The average Bonchev–Trinajstić information content (AvgIpc) is 2.29. The third-order valence-electron chi connectivity index (χ3n) is 2.47. The Morgan fingerprint density at radius 1 is 1.56 bits per heavy atom. The first-order chi connectivity index (χ1) is 7.61. The Morgan fingerprint density at radius 2 is 2.31 bits per heavy atom. The van der Waals surface area contributed by atoms with Gasteiger partial charge in [0, 0.05) is 4.90 Å². The molecule has 1 aromatic rings. The second-order valence-electron chi connectivity index (χ2n) is 3.67. The molecule has 16 heavy (non-hydrogen) atoms. The molecule has 3 N–H and O–H groups in total. The fourth-order valence-corrected chi connectivity index (χ4v) is 2.44. The van der Waals surface area contributed by atoms with Crippen LogP contribution in [0.25, 0.3) is 0 Å². The smallest absolute Gasteiger partial charge is 0.237 e. The van der Waals surface area contributed by atoms with Crippen molar-refractivity contribution in [3.8, 4) is 0 Å². The molecule has 1 amide bonds. The highest BCUT2D eigenvalue weighted by atomic mass is 32.2. The van der Waals surface area contributed by atoms with Gasteiger partial charge in [0.1, 0.15) is 6.29 Å². The van der Waals surface area contributed by atoms with E-state index in [-0.39, 0.29) is 11.2 Å². The molecule has 1 aromatic carbocycles. The Bertz CT molecular complexity index is 448. The van der Waals surface area contributed by atoms with Crippen LogP contribution in [-0.4, -0.2) is 17.4 Å². The summed E-state index contributed by atoms with van der Waals surface area (Å²) >= 11 is 1.51. The molecular weight excluding hydrogens is 224 g/mol. The molecule has 0 saturated heterocycles. The Morgan fingerprint density at radius 3 is 3.00 bits per heavy atom. The highest BCUT2D eigenvalue weighted by Crippen LogP contribution is 2.36. The number of nitrogens with two attached hydrogens (primary N) is 1. The van der Waals surface area contributed by atoms with E-state index in [4.69, 9.17) is 5.73 Å². The van der Waals surface area contributed by atoms with Gasteiger partial charge in [-0.3, -0.25) is 4.79 Å². The van der Waals surface area contributed by atoms with Crippen molar-refractivity contribution in [1.29, 1.82) is 0 Å². The number of anilines is 1. The molecule has 0 spiro atoms. The van der Waals surface area contributed by atoms with Gasteiger partial charge < -0.3 is 15.8 Å². The van der Waals surface area contributed by atoms with E-state index in [9.17, 15) is 9.59 Å². The van der Waals surface area contributed by atoms with Crippen LogP contribution in [0.1, 0.15) is 18.5 Å². The van der Waals surface area contributed by atoms with Crippen molar-refractivity contribution in [2.45, 2.75) is 23.1 Å². The molecule has 0 bridgehead atoms. The number of carbonyl (C=O) groups excluding carboxylic acids is 2. The monoisotopic (exact) mass is 236 g/mol. The number of thioether (sulfide) groups is 1. The zero-order valence-electron chi connectivity index (χ0n) is 8.77. The first-order valence-corrected chi connectivity index (χ1v) is 5.82. The van der Waals surface area contributed by atoms with Gasteiger partial charge in [-0.05, 0) is 24.6 Å². The van der Waals surface area contributed by atoms with Crippen LogP contribution in [0.2, 0.25) is 0 Å². The molecule has 84 valence electrons. The standard InChI is InChI=1S/C11H12N2O2S/c1-6-11(15)13-9-4-7(8(12)5-14)2-3-10(9)16-6/h2-6,8H,12H2,1H3,(H,13,15). The fraction of sp³-hybridized carbons (Fsp3) is 0.273. The summed E-state index contributed by atoms with van der Waals surface area (Å²) in [6, 6.07) is 4.82. The van der Waals surface area contributed by atoms with Crippen molar-refractivity contribution < 1.29 is 9.59 Å². The molecule has 1 heterocycles. The average molecular weight is 236 g/mol. The van der Waals surface area contributed by atoms with Crippen LogP contribution in [0.4, 0.5) is 5.69 Å². The maximum absolute atomic E-state index is 11.5. The van der Waals surface area contributed by atoms with Gasteiger partial charge in [-0.2, -0.15) is 0 Å². The van der Waals surface area contributed by atoms with Crippen molar-refractivity contribution in [3.05, 3.63) is 23.8 Å².